The third kappa shape index (κ3) is 11.7. The normalized spacial score (nSPS) is 18.8. The topological polar surface area (TPSA) is 111 Å². The molecule has 12 heteroatoms. The number of amides is 4. The van der Waals surface area contributed by atoms with E-state index in [1.165, 1.54) is 4.88 Å². The van der Waals surface area contributed by atoms with Crippen LogP contribution in [-0.2, 0) is 30.3 Å². The third-order valence-corrected chi connectivity index (χ3v) is 11.8. The van der Waals surface area contributed by atoms with Gasteiger partial charge in [0.2, 0.25) is 23.6 Å². The Morgan fingerprint density at radius 1 is 1.08 bits per heavy atom. The zero-order valence-corrected chi connectivity index (χ0v) is 32.9. The molecule has 1 aromatic rings. The van der Waals surface area contributed by atoms with Gasteiger partial charge in [0.25, 0.3) is 0 Å². The summed E-state index contributed by atoms with van der Waals surface area (Å²) in [5, 5.41) is 8.14. The lowest BCUT2D eigenvalue weighted by atomic mass is 9.89. The zero-order valence-electron chi connectivity index (χ0n) is 31.3. The summed E-state index contributed by atoms with van der Waals surface area (Å²) in [5.41, 5.74) is 0. The molecule has 7 unspecified atom stereocenters. The monoisotopic (exact) mass is 709 g/mol. The molecule has 7 atom stereocenters. The van der Waals surface area contributed by atoms with Crippen molar-refractivity contribution in [3.63, 3.8) is 0 Å². The molecule has 2 N–H and O–H groups in total. The van der Waals surface area contributed by atoms with Crippen molar-refractivity contribution >= 4 is 46.7 Å². The Morgan fingerprint density at radius 3 is 2.29 bits per heavy atom. The highest BCUT2D eigenvalue weighted by molar-refractivity contribution is 7.99. The van der Waals surface area contributed by atoms with E-state index in [1.54, 1.807) is 42.2 Å². The van der Waals surface area contributed by atoms with Gasteiger partial charge >= 0.3 is 0 Å². The maximum atomic E-state index is 14.1. The summed E-state index contributed by atoms with van der Waals surface area (Å²) >= 11 is 3.33. The number of rotatable bonds is 20. The molecule has 1 saturated heterocycles. The van der Waals surface area contributed by atoms with E-state index < -0.39 is 12.1 Å². The van der Waals surface area contributed by atoms with Gasteiger partial charge in [-0.05, 0) is 68.8 Å². The molecule has 274 valence electrons. The van der Waals surface area contributed by atoms with Gasteiger partial charge in [-0.15, -0.1) is 11.3 Å². The van der Waals surface area contributed by atoms with Crippen LogP contribution in [0.1, 0.15) is 78.5 Å². The zero-order chi connectivity index (χ0) is 36.1. The first-order chi connectivity index (χ1) is 22.7. The van der Waals surface area contributed by atoms with E-state index in [-0.39, 0.29) is 71.2 Å². The van der Waals surface area contributed by atoms with E-state index in [4.69, 9.17) is 4.74 Å². The number of thiophene rings is 1. The van der Waals surface area contributed by atoms with Crippen LogP contribution in [0.25, 0.3) is 0 Å². The number of carbonyl (C=O) groups excluding carboxylic acids is 4. The second kappa shape index (κ2) is 20.5. The first kappa shape index (κ1) is 42.0. The van der Waals surface area contributed by atoms with Gasteiger partial charge in [-0.2, -0.15) is 11.8 Å². The first-order valence-electron chi connectivity index (χ1n) is 17.6. The van der Waals surface area contributed by atoms with Gasteiger partial charge in [-0.1, -0.05) is 54.0 Å². The summed E-state index contributed by atoms with van der Waals surface area (Å²) in [4.78, 5) is 61.2. The molecule has 1 fully saturated rings. The van der Waals surface area contributed by atoms with E-state index in [1.807, 2.05) is 69.3 Å². The maximum absolute atomic E-state index is 14.1. The third-order valence-electron chi connectivity index (χ3n) is 9.78. The molecule has 4 amide bonds. The largest absolute Gasteiger partial charge is 0.379 e. The fourth-order valence-corrected chi connectivity index (χ4v) is 8.65. The quantitative estimate of drug-likeness (QED) is 0.205. The van der Waals surface area contributed by atoms with Gasteiger partial charge in [-0.25, -0.2) is 0 Å². The van der Waals surface area contributed by atoms with Crippen molar-refractivity contribution in [1.82, 2.24) is 25.3 Å². The van der Waals surface area contributed by atoms with Crippen LogP contribution < -0.4 is 10.6 Å². The Morgan fingerprint density at radius 2 is 1.77 bits per heavy atom. The Balaban J connectivity index is 2.17. The molecule has 0 saturated carbocycles. The molecule has 0 radical (unpaired) electrons. The van der Waals surface area contributed by atoms with Gasteiger partial charge in [0.15, 0.2) is 0 Å². The van der Waals surface area contributed by atoms with Crippen LogP contribution >= 0.6 is 23.1 Å². The average molecular weight is 710 g/mol. The molecule has 0 aliphatic carbocycles. The second-order valence-corrected chi connectivity index (χ2v) is 16.2. The van der Waals surface area contributed by atoms with Crippen LogP contribution in [0, 0.1) is 17.8 Å². The highest BCUT2D eigenvalue weighted by Gasteiger charge is 2.41. The van der Waals surface area contributed by atoms with E-state index in [2.05, 4.69) is 30.5 Å². The van der Waals surface area contributed by atoms with Crippen molar-refractivity contribution in [3.05, 3.63) is 22.4 Å². The van der Waals surface area contributed by atoms with Crippen LogP contribution in [0.2, 0.25) is 0 Å². The van der Waals surface area contributed by atoms with Gasteiger partial charge in [-0.3, -0.25) is 24.1 Å². The highest BCUT2D eigenvalue weighted by atomic mass is 32.2. The number of nitrogens with one attached hydrogen (secondary N) is 2. The Kier molecular flexibility index (Phi) is 18.0. The van der Waals surface area contributed by atoms with Crippen molar-refractivity contribution in [1.29, 1.82) is 0 Å². The minimum absolute atomic E-state index is 0.00837. The lowest BCUT2D eigenvalue weighted by molar-refractivity contribution is -0.146. The summed E-state index contributed by atoms with van der Waals surface area (Å²) in [6, 6.07) is 2.59. The fraction of sp³-hybridized carbons (Fsp3) is 0.778. The number of hydrogen-bond acceptors (Lipinski definition) is 8. The number of nitrogens with zero attached hydrogens (tertiary/aromatic N) is 3. The van der Waals surface area contributed by atoms with Gasteiger partial charge < -0.3 is 25.2 Å². The minimum Gasteiger partial charge on any atom is -0.379 e. The molecule has 2 heterocycles. The van der Waals surface area contributed by atoms with Crippen LogP contribution in [0.5, 0.6) is 0 Å². The number of methoxy groups -OCH3 is 1. The number of ether oxygens (including phenoxy) is 1. The number of carbonyl (C=O) groups is 4. The smallest absolute Gasteiger partial charge is 0.245 e. The summed E-state index contributed by atoms with van der Waals surface area (Å²) in [5.74, 6) is -0.399. The molecular weight excluding hydrogens is 647 g/mol. The molecular formula is C36H63N5O5S2. The number of likely N-dealkylation sites (N-methyl/N-ethyl adjacent to an activating group) is 2. The second-order valence-electron chi connectivity index (χ2n) is 14.1. The van der Waals surface area contributed by atoms with Crippen molar-refractivity contribution in [2.24, 2.45) is 17.8 Å². The molecule has 1 aliphatic heterocycles. The Bertz CT molecular complexity index is 1140. The first-order valence-corrected chi connectivity index (χ1v) is 19.7. The number of hydrogen-bond donors (Lipinski definition) is 2. The number of likely N-dealkylation sites (tertiary alicyclic amines) is 1. The van der Waals surface area contributed by atoms with E-state index >= 15 is 0 Å². The van der Waals surface area contributed by atoms with Crippen molar-refractivity contribution in [2.45, 2.75) is 116 Å². The molecule has 0 aromatic carbocycles. The SMILES string of the molecule is CCC(C)C(C(CC(=O)N1CCCC1C(CC(=O)NCCc1cccs1)SC)OC)N(C)C(=O)C(NC(=O)C(C(C)C)N(C)C)C(C)C. The molecule has 48 heavy (non-hydrogen) atoms. The van der Waals surface area contributed by atoms with Crippen molar-refractivity contribution < 1.29 is 23.9 Å². The molecule has 1 aromatic heterocycles. The predicted molar refractivity (Wildman–Crippen MR) is 198 cm³/mol. The molecule has 10 nitrogen and oxygen atoms in total. The van der Waals surface area contributed by atoms with Gasteiger partial charge in [0.05, 0.1) is 24.6 Å². The van der Waals surface area contributed by atoms with Crippen LogP contribution in [-0.4, -0.2) is 121 Å². The summed E-state index contributed by atoms with van der Waals surface area (Å²) < 4.78 is 6.02. The molecule has 1 aliphatic rings. The lowest BCUT2D eigenvalue weighted by Crippen LogP contribution is -2.59. The fourth-order valence-electron chi connectivity index (χ4n) is 7.02. The Hall–Kier alpha value is -2.15. The van der Waals surface area contributed by atoms with Gasteiger partial charge in [0, 0.05) is 49.8 Å². The van der Waals surface area contributed by atoms with Crippen LogP contribution in [0.15, 0.2) is 17.5 Å². The van der Waals surface area contributed by atoms with E-state index in [0.29, 0.717) is 19.5 Å². The van der Waals surface area contributed by atoms with Gasteiger partial charge in [0.1, 0.15) is 6.04 Å². The molecule has 0 spiro atoms. The standard InChI is InChI=1S/C36H63N5O5S2/c1-12-25(6)34(40(9)36(45)32(23(2)3)38-35(44)33(24(4)5)39(7)8)28(46-10)21-31(43)41-19-13-16-27(41)29(47-11)22-30(42)37-18-17-26-15-14-20-48-26/h14-15,20,23-25,27-29,32-34H,12-13,16-19,21-22H2,1-11H3,(H,37,42)(H,38,44). The summed E-state index contributed by atoms with van der Waals surface area (Å²) in [6.45, 7) is 13.3. The lowest BCUT2D eigenvalue weighted by Gasteiger charge is -2.41. The van der Waals surface area contributed by atoms with E-state index in [0.717, 1.165) is 25.7 Å². The Labute approximate surface area is 298 Å². The minimum atomic E-state index is -0.717. The molecule has 0 bridgehead atoms. The summed E-state index contributed by atoms with van der Waals surface area (Å²) in [7, 11) is 7.11. The van der Waals surface area contributed by atoms with Crippen molar-refractivity contribution in [2.75, 3.05) is 47.6 Å². The van der Waals surface area contributed by atoms with Crippen LogP contribution in [0.3, 0.4) is 0 Å². The summed E-state index contributed by atoms with van der Waals surface area (Å²) in [6.07, 6.45) is 5.29. The average Bonchev–Trinajstić information content (AvgIpc) is 3.74. The van der Waals surface area contributed by atoms with Crippen molar-refractivity contribution in [3.8, 4) is 0 Å². The maximum Gasteiger partial charge on any atom is 0.245 e. The highest BCUT2D eigenvalue weighted by Crippen LogP contribution is 2.31. The van der Waals surface area contributed by atoms with E-state index in [9.17, 15) is 19.2 Å². The van der Waals surface area contributed by atoms with Crippen LogP contribution in [0.4, 0.5) is 0 Å². The molecule has 2 rings (SSSR count). The number of thioether (sulfide) groups is 1. The predicted octanol–water partition coefficient (Wildman–Crippen LogP) is 4.52.